The fourth-order valence-corrected chi connectivity index (χ4v) is 6.31. The molecule has 0 heterocycles. The van der Waals surface area contributed by atoms with E-state index in [1.54, 1.807) is 0 Å². The number of ether oxygens (including phenoxy) is 2. The summed E-state index contributed by atoms with van der Waals surface area (Å²) in [6, 6.07) is 0. The second-order valence-electron chi connectivity index (χ2n) is 14.4. The molecule has 0 bridgehead atoms. The molecule has 0 aliphatic heterocycles. The number of esters is 2. The number of rotatable bonds is 22. The average molecular weight is 666 g/mol. The number of hydrogen-bond donors (Lipinski definition) is 1. The summed E-state index contributed by atoms with van der Waals surface area (Å²) in [4.78, 5) is 27.5. The van der Waals surface area contributed by atoms with E-state index in [2.05, 4.69) is 78.0 Å². The van der Waals surface area contributed by atoms with E-state index in [4.69, 9.17) is 9.47 Å². The van der Waals surface area contributed by atoms with E-state index in [9.17, 15) is 14.7 Å². The third-order valence-corrected chi connectivity index (χ3v) is 9.50. The fraction of sp³-hybridized carbons (Fsp3) is 0.667. The molecule has 2 rings (SSSR count). The van der Waals surface area contributed by atoms with Crippen LogP contribution in [0.4, 0.5) is 0 Å². The van der Waals surface area contributed by atoms with E-state index in [1.807, 2.05) is 4.90 Å². The van der Waals surface area contributed by atoms with Crippen molar-refractivity contribution in [1.29, 1.82) is 0 Å². The van der Waals surface area contributed by atoms with Gasteiger partial charge in [0.15, 0.2) is 0 Å². The van der Waals surface area contributed by atoms with Gasteiger partial charge in [-0.05, 0) is 131 Å². The highest BCUT2D eigenvalue weighted by molar-refractivity contribution is 5.73. The third-order valence-electron chi connectivity index (χ3n) is 9.50. The van der Waals surface area contributed by atoms with Gasteiger partial charge in [0.05, 0.1) is 18.4 Å². The maximum Gasteiger partial charge on any atom is 0.309 e. The highest BCUT2D eigenvalue weighted by Crippen LogP contribution is 2.29. The highest BCUT2D eigenvalue weighted by atomic mass is 16.5. The zero-order valence-corrected chi connectivity index (χ0v) is 31.3. The monoisotopic (exact) mass is 666 g/mol. The van der Waals surface area contributed by atoms with Crippen LogP contribution in [0.25, 0.3) is 0 Å². The summed E-state index contributed by atoms with van der Waals surface area (Å²) in [5.41, 5.74) is 8.55. The summed E-state index contributed by atoms with van der Waals surface area (Å²) in [7, 11) is 0. The molecule has 2 aliphatic rings. The summed E-state index contributed by atoms with van der Waals surface area (Å²) in [5, 5.41) is 9.53. The van der Waals surface area contributed by atoms with Crippen molar-refractivity contribution in [1.82, 2.24) is 4.90 Å². The lowest BCUT2D eigenvalue weighted by Crippen LogP contribution is -2.35. The van der Waals surface area contributed by atoms with Gasteiger partial charge in [0.25, 0.3) is 0 Å². The first kappa shape index (κ1) is 41.5. The van der Waals surface area contributed by atoms with Crippen LogP contribution in [0.3, 0.4) is 0 Å². The molecule has 0 aromatic carbocycles. The first-order chi connectivity index (χ1) is 23.1. The lowest BCUT2D eigenvalue weighted by atomic mass is 9.87. The van der Waals surface area contributed by atoms with Crippen molar-refractivity contribution in [3.8, 4) is 0 Å². The van der Waals surface area contributed by atoms with E-state index in [1.165, 1.54) is 33.4 Å². The first-order valence-electron chi connectivity index (χ1n) is 18.7. The number of nitrogens with zero attached hydrogens (tertiary/aromatic N) is 1. The maximum atomic E-state index is 12.7. The maximum absolute atomic E-state index is 12.7. The minimum Gasteiger partial charge on any atom is -0.464 e. The van der Waals surface area contributed by atoms with E-state index in [0.717, 1.165) is 89.9 Å². The molecule has 0 saturated heterocycles. The molecule has 0 radical (unpaired) electrons. The molecule has 6 nitrogen and oxygen atoms in total. The quantitative estimate of drug-likeness (QED) is 0.0917. The van der Waals surface area contributed by atoms with Gasteiger partial charge in [-0.3, -0.25) is 14.5 Å². The molecule has 0 spiro atoms. The first-order valence-corrected chi connectivity index (χ1v) is 18.7. The van der Waals surface area contributed by atoms with Crippen LogP contribution >= 0.6 is 0 Å². The summed E-state index contributed by atoms with van der Waals surface area (Å²) in [5.74, 6) is -0.423. The van der Waals surface area contributed by atoms with Gasteiger partial charge in [0, 0.05) is 19.6 Å². The molecular weight excluding hydrogens is 598 g/mol. The van der Waals surface area contributed by atoms with Gasteiger partial charge < -0.3 is 14.6 Å². The van der Waals surface area contributed by atoms with Gasteiger partial charge in [-0.25, -0.2) is 0 Å². The van der Waals surface area contributed by atoms with Crippen molar-refractivity contribution >= 4 is 11.9 Å². The predicted molar refractivity (Wildman–Crippen MR) is 200 cm³/mol. The van der Waals surface area contributed by atoms with Gasteiger partial charge in [-0.2, -0.15) is 0 Å². The Hall–Kier alpha value is -2.70. The van der Waals surface area contributed by atoms with Crippen LogP contribution in [0.2, 0.25) is 0 Å². The molecule has 0 aromatic rings. The Labute approximate surface area is 293 Å². The fourth-order valence-electron chi connectivity index (χ4n) is 6.31. The molecule has 2 unspecified atom stereocenters. The lowest BCUT2D eigenvalue weighted by molar-refractivity contribution is -0.149. The number of carbonyl (C=O) groups excluding carboxylic acids is 2. The molecule has 0 amide bonds. The Morgan fingerprint density at radius 3 is 1.48 bits per heavy atom. The Kier molecular flexibility index (Phi) is 21.1. The molecule has 0 saturated carbocycles. The Morgan fingerprint density at radius 1 is 0.688 bits per heavy atom. The Bertz CT molecular complexity index is 1070. The van der Waals surface area contributed by atoms with Crippen molar-refractivity contribution in [2.75, 3.05) is 39.5 Å². The second kappa shape index (κ2) is 24.4. The average Bonchev–Trinajstić information content (AvgIpc) is 3.05. The molecule has 270 valence electrons. The number of aliphatic hydroxyl groups is 1. The number of hydrogen-bond acceptors (Lipinski definition) is 6. The minimum atomic E-state index is -0.133. The summed E-state index contributed by atoms with van der Waals surface area (Å²) < 4.78 is 11.3. The van der Waals surface area contributed by atoms with Crippen molar-refractivity contribution < 1.29 is 24.2 Å². The summed E-state index contributed by atoms with van der Waals surface area (Å²) in [6.45, 7) is 15.0. The number of carbonyl (C=O) groups is 2. The lowest BCUT2D eigenvalue weighted by Gasteiger charge is -2.24. The normalized spacial score (nSPS) is 18.6. The van der Waals surface area contributed by atoms with Crippen LogP contribution in [-0.2, 0) is 19.1 Å². The minimum absolute atomic E-state index is 0.00261. The van der Waals surface area contributed by atoms with E-state index < -0.39 is 0 Å². The van der Waals surface area contributed by atoms with E-state index in [-0.39, 0.29) is 43.6 Å². The van der Waals surface area contributed by atoms with Crippen molar-refractivity contribution in [2.24, 2.45) is 11.8 Å². The van der Waals surface area contributed by atoms with Crippen LogP contribution < -0.4 is 0 Å². The van der Waals surface area contributed by atoms with Crippen LogP contribution in [0.1, 0.15) is 131 Å². The second-order valence-corrected chi connectivity index (χ2v) is 14.4. The largest absolute Gasteiger partial charge is 0.464 e. The molecule has 0 fully saturated rings. The smallest absolute Gasteiger partial charge is 0.309 e. The van der Waals surface area contributed by atoms with Crippen LogP contribution in [0.5, 0.6) is 0 Å². The van der Waals surface area contributed by atoms with Crippen molar-refractivity contribution in [3.63, 3.8) is 0 Å². The Balaban J connectivity index is 1.62. The number of allylic oxidation sites excluding steroid dienone is 12. The predicted octanol–water partition coefficient (Wildman–Crippen LogP) is 9.77. The Morgan fingerprint density at radius 2 is 1.12 bits per heavy atom. The standard InChI is InChI=1S/C42H67NO5/c1-33(2)11-7-13-35(5)15-9-17-37-19-23-39(24-20-37)41(45)47-31-28-43(27-30-44)29-32-48-42(46)40-25-21-38(22-26-40)18-10-16-36(6)14-8-12-34(3)4/h11-12,15-16,19,21,39-40,44H,7-10,13-14,17-18,20,22-32H2,1-6H3/b35-15+,36-16+. The highest BCUT2D eigenvalue weighted by Gasteiger charge is 2.24. The summed E-state index contributed by atoms with van der Waals surface area (Å²) >= 11 is 0. The van der Waals surface area contributed by atoms with Gasteiger partial charge in [0.1, 0.15) is 13.2 Å². The van der Waals surface area contributed by atoms with Gasteiger partial charge >= 0.3 is 11.9 Å². The zero-order chi connectivity index (χ0) is 35.1. The number of aliphatic hydroxyl groups excluding tert-OH is 1. The zero-order valence-electron chi connectivity index (χ0n) is 31.3. The molecule has 2 aliphatic carbocycles. The molecular formula is C42H67NO5. The van der Waals surface area contributed by atoms with Crippen molar-refractivity contribution in [2.45, 2.75) is 131 Å². The van der Waals surface area contributed by atoms with Crippen molar-refractivity contribution in [3.05, 3.63) is 69.9 Å². The topological polar surface area (TPSA) is 76.1 Å². The van der Waals surface area contributed by atoms with E-state index in [0.29, 0.717) is 19.6 Å². The third kappa shape index (κ3) is 18.7. The van der Waals surface area contributed by atoms with Gasteiger partial charge in [-0.1, -0.05) is 69.9 Å². The van der Waals surface area contributed by atoms with Gasteiger partial charge in [-0.15, -0.1) is 0 Å². The van der Waals surface area contributed by atoms with E-state index >= 15 is 0 Å². The molecule has 2 atom stereocenters. The molecule has 0 aromatic heterocycles. The molecule has 6 heteroatoms. The van der Waals surface area contributed by atoms with Gasteiger partial charge in [0.2, 0.25) is 0 Å². The van der Waals surface area contributed by atoms with Crippen LogP contribution in [0, 0.1) is 11.8 Å². The summed E-state index contributed by atoms with van der Waals surface area (Å²) in [6.07, 6.45) is 27.6. The van der Waals surface area contributed by atoms with Crippen LogP contribution in [0.15, 0.2) is 69.9 Å². The SMILES string of the molecule is CC(C)=CCC/C(C)=C/CCC1=CCC(C(=O)OCCN(CCO)CCOC(=O)C2CC=C(CC/C=C(\C)CCC=C(C)C)CC2)CC1. The molecule has 48 heavy (non-hydrogen) atoms. The molecule has 1 N–H and O–H groups in total. The van der Waals surface area contributed by atoms with Crippen LogP contribution in [-0.4, -0.2) is 61.4 Å².